The van der Waals surface area contributed by atoms with Crippen molar-refractivity contribution < 1.29 is 8.42 Å². The Morgan fingerprint density at radius 3 is 2.93 bits per heavy atom. The van der Waals surface area contributed by atoms with E-state index in [1.165, 1.54) is 0 Å². The van der Waals surface area contributed by atoms with Gasteiger partial charge in [0.15, 0.2) is 9.84 Å². The molecular formula is C9H10BrNO2S. The maximum absolute atomic E-state index is 11.7. The van der Waals surface area contributed by atoms with Crippen LogP contribution in [-0.4, -0.2) is 20.2 Å². The van der Waals surface area contributed by atoms with Crippen LogP contribution in [0.3, 0.4) is 0 Å². The second-order valence-electron chi connectivity index (χ2n) is 3.47. The highest BCUT2D eigenvalue weighted by Crippen LogP contribution is 2.30. The Morgan fingerprint density at radius 2 is 2.21 bits per heavy atom. The molecule has 0 aromatic heterocycles. The van der Waals surface area contributed by atoms with Crippen LogP contribution in [0.4, 0.5) is 5.69 Å². The van der Waals surface area contributed by atoms with Gasteiger partial charge in [-0.05, 0) is 25.1 Å². The summed E-state index contributed by atoms with van der Waals surface area (Å²) in [6, 6.07) is 5.14. The molecule has 0 saturated heterocycles. The van der Waals surface area contributed by atoms with Crippen molar-refractivity contribution in [2.24, 2.45) is 0 Å². The highest BCUT2D eigenvalue weighted by atomic mass is 79.9. The van der Waals surface area contributed by atoms with Gasteiger partial charge >= 0.3 is 0 Å². The van der Waals surface area contributed by atoms with Crippen molar-refractivity contribution >= 4 is 31.5 Å². The summed E-state index contributed by atoms with van der Waals surface area (Å²) in [4.78, 5) is 0.402. The lowest BCUT2D eigenvalue weighted by Gasteiger charge is -2.24. The lowest BCUT2D eigenvalue weighted by atomic mass is 10.3. The maximum Gasteiger partial charge on any atom is 0.182 e. The van der Waals surface area contributed by atoms with Crippen LogP contribution in [0.1, 0.15) is 6.92 Å². The van der Waals surface area contributed by atoms with Crippen LogP contribution in [-0.2, 0) is 9.84 Å². The monoisotopic (exact) mass is 275 g/mol. The predicted octanol–water partition coefficient (Wildman–Crippen LogP) is 2.04. The zero-order chi connectivity index (χ0) is 10.3. The number of sulfone groups is 1. The number of hydrogen-bond acceptors (Lipinski definition) is 3. The van der Waals surface area contributed by atoms with Crippen LogP contribution in [0.15, 0.2) is 27.6 Å². The van der Waals surface area contributed by atoms with E-state index in [4.69, 9.17) is 0 Å². The van der Waals surface area contributed by atoms with Gasteiger partial charge in [-0.2, -0.15) is 0 Å². The van der Waals surface area contributed by atoms with Gasteiger partial charge in [0.25, 0.3) is 0 Å². The number of nitrogens with one attached hydrogen (secondary N) is 1. The predicted molar refractivity (Wildman–Crippen MR) is 59.3 cm³/mol. The van der Waals surface area contributed by atoms with E-state index in [1.807, 2.05) is 6.92 Å². The maximum atomic E-state index is 11.7. The number of halogens is 1. The number of anilines is 1. The summed E-state index contributed by atoms with van der Waals surface area (Å²) >= 11 is 3.31. The quantitative estimate of drug-likeness (QED) is 0.788. The third kappa shape index (κ3) is 1.66. The highest BCUT2D eigenvalue weighted by Gasteiger charge is 2.27. The van der Waals surface area contributed by atoms with Gasteiger partial charge < -0.3 is 5.32 Å². The fraction of sp³-hybridized carbons (Fsp3) is 0.333. The van der Waals surface area contributed by atoms with E-state index in [1.54, 1.807) is 18.2 Å². The molecule has 1 aliphatic rings. The third-order valence-corrected chi connectivity index (χ3v) is 4.61. The molecule has 2 rings (SSSR count). The molecule has 0 fully saturated rings. The van der Waals surface area contributed by atoms with Crippen LogP contribution in [0.25, 0.3) is 0 Å². The average Bonchev–Trinajstić information content (AvgIpc) is 2.00. The van der Waals surface area contributed by atoms with Gasteiger partial charge in [0.05, 0.1) is 16.3 Å². The molecule has 14 heavy (non-hydrogen) atoms. The third-order valence-electron chi connectivity index (χ3n) is 2.15. The first-order valence-corrected chi connectivity index (χ1v) is 6.72. The van der Waals surface area contributed by atoms with Crippen molar-refractivity contribution in [1.82, 2.24) is 0 Å². The summed E-state index contributed by atoms with van der Waals surface area (Å²) in [5.41, 5.74) is 0.693. The molecule has 1 N–H and O–H groups in total. The summed E-state index contributed by atoms with van der Waals surface area (Å²) in [6.45, 7) is 1.86. The topological polar surface area (TPSA) is 46.2 Å². The molecule has 0 amide bonds. The summed E-state index contributed by atoms with van der Waals surface area (Å²) in [6.07, 6.45) is 0. The first-order valence-electron chi connectivity index (χ1n) is 4.28. The molecule has 76 valence electrons. The summed E-state index contributed by atoms with van der Waals surface area (Å²) in [5, 5.41) is 3.15. The van der Waals surface area contributed by atoms with E-state index in [0.29, 0.717) is 10.6 Å². The van der Waals surface area contributed by atoms with E-state index in [-0.39, 0.29) is 11.8 Å². The highest BCUT2D eigenvalue weighted by molar-refractivity contribution is 9.10. The second kappa shape index (κ2) is 3.24. The van der Waals surface area contributed by atoms with Crippen molar-refractivity contribution in [2.75, 3.05) is 11.1 Å². The lowest BCUT2D eigenvalue weighted by Crippen LogP contribution is -2.31. The number of fused-ring (bicyclic) bond motifs is 1. The summed E-state index contributed by atoms with van der Waals surface area (Å²) < 4.78 is 24.4. The molecule has 0 saturated carbocycles. The fourth-order valence-corrected chi connectivity index (χ4v) is 3.62. The molecular weight excluding hydrogens is 266 g/mol. The van der Waals surface area contributed by atoms with Crippen LogP contribution in [0.5, 0.6) is 0 Å². The molecule has 5 heteroatoms. The Balaban J connectivity index is 2.64. The molecule has 1 unspecified atom stereocenters. The number of benzene rings is 1. The Bertz CT molecular complexity index is 470. The van der Waals surface area contributed by atoms with Gasteiger partial charge in [0.2, 0.25) is 0 Å². The van der Waals surface area contributed by atoms with E-state index in [9.17, 15) is 8.42 Å². The van der Waals surface area contributed by atoms with Crippen molar-refractivity contribution in [3.63, 3.8) is 0 Å². The zero-order valence-electron chi connectivity index (χ0n) is 7.62. The summed E-state index contributed by atoms with van der Waals surface area (Å²) in [5.74, 6) is 0.168. The first-order chi connectivity index (χ1) is 6.49. The molecule has 1 aromatic rings. The molecule has 0 bridgehead atoms. The molecule has 0 spiro atoms. The van der Waals surface area contributed by atoms with Crippen molar-refractivity contribution in [3.05, 3.63) is 22.7 Å². The Hall–Kier alpha value is -0.550. The minimum Gasteiger partial charge on any atom is -0.380 e. The van der Waals surface area contributed by atoms with Gasteiger partial charge in [0, 0.05) is 10.5 Å². The van der Waals surface area contributed by atoms with Crippen LogP contribution in [0, 0.1) is 0 Å². The minimum atomic E-state index is -3.09. The molecule has 0 aliphatic carbocycles. The number of rotatable bonds is 0. The van der Waals surface area contributed by atoms with Crippen molar-refractivity contribution in [2.45, 2.75) is 17.9 Å². The van der Waals surface area contributed by atoms with Crippen molar-refractivity contribution in [1.29, 1.82) is 0 Å². The second-order valence-corrected chi connectivity index (χ2v) is 6.39. The van der Waals surface area contributed by atoms with Gasteiger partial charge in [-0.1, -0.05) is 15.9 Å². The first kappa shape index (κ1) is 9.98. The van der Waals surface area contributed by atoms with Gasteiger partial charge in [-0.3, -0.25) is 0 Å². The van der Waals surface area contributed by atoms with Crippen molar-refractivity contribution in [3.8, 4) is 0 Å². The van der Waals surface area contributed by atoms with Gasteiger partial charge in [-0.25, -0.2) is 8.42 Å². The van der Waals surface area contributed by atoms with Gasteiger partial charge in [0.1, 0.15) is 0 Å². The molecule has 3 nitrogen and oxygen atoms in total. The number of hydrogen-bond donors (Lipinski definition) is 1. The molecule has 0 radical (unpaired) electrons. The summed E-state index contributed by atoms with van der Waals surface area (Å²) in [7, 11) is -3.09. The van der Waals surface area contributed by atoms with E-state index >= 15 is 0 Å². The van der Waals surface area contributed by atoms with E-state index in [0.717, 1.165) is 4.47 Å². The van der Waals surface area contributed by atoms with Gasteiger partial charge in [-0.15, -0.1) is 0 Å². The largest absolute Gasteiger partial charge is 0.380 e. The molecule has 1 atom stereocenters. The van der Waals surface area contributed by atoms with Crippen LogP contribution in [0.2, 0.25) is 0 Å². The minimum absolute atomic E-state index is 0.0261. The Morgan fingerprint density at radius 1 is 1.50 bits per heavy atom. The Kier molecular flexibility index (Phi) is 2.31. The normalized spacial score (nSPS) is 23.7. The standard InChI is InChI=1S/C9H10BrNO2S/c1-6-5-14(12,13)9-3-2-7(10)4-8(9)11-6/h2-4,6,11H,5H2,1H3. The molecule has 1 aliphatic heterocycles. The lowest BCUT2D eigenvalue weighted by molar-refractivity contribution is 0.589. The van der Waals surface area contributed by atoms with Crippen LogP contribution >= 0.6 is 15.9 Å². The van der Waals surface area contributed by atoms with E-state index in [2.05, 4.69) is 21.2 Å². The zero-order valence-corrected chi connectivity index (χ0v) is 10.0. The fourth-order valence-electron chi connectivity index (χ4n) is 1.61. The van der Waals surface area contributed by atoms with Crippen LogP contribution < -0.4 is 5.32 Å². The smallest absolute Gasteiger partial charge is 0.182 e. The SMILES string of the molecule is CC1CS(=O)(=O)c2ccc(Br)cc2N1. The Labute approximate surface area is 91.6 Å². The average molecular weight is 276 g/mol. The molecule has 1 heterocycles. The van der Waals surface area contributed by atoms with E-state index < -0.39 is 9.84 Å². The molecule has 1 aromatic carbocycles.